The van der Waals surface area contributed by atoms with Gasteiger partial charge in [0.15, 0.2) is 0 Å². The van der Waals surface area contributed by atoms with E-state index in [1.165, 1.54) is 0 Å². The summed E-state index contributed by atoms with van der Waals surface area (Å²) >= 11 is 1.66. The fraction of sp³-hybridized carbons (Fsp3) is 0.450. The fourth-order valence-electron chi connectivity index (χ4n) is 3.08. The molecule has 1 amide bonds. The number of rotatable bonds is 7. The molecule has 0 spiro atoms. The molecule has 1 aromatic heterocycles. The average Bonchev–Trinajstić information content (AvgIpc) is 3.16. The smallest absolute Gasteiger partial charge is 0.306 e. The SMILES string of the molecule is CCOC(=O)CCC(=O)N1CCN(Cc2csc(-c3ccccc3)n2)CC1.Cl. The van der Waals surface area contributed by atoms with Crippen molar-refractivity contribution in [2.75, 3.05) is 32.8 Å². The van der Waals surface area contributed by atoms with E-state index in [1.54, 1.807) is 18.3 Å². The molecule has 8 heteroatoms. The van der Waals surface area contributed by atoms with Crippen molar-refractivity contribution in [3.8, 4) is 10.6 Å². The zero-order valence-electron chi connectivity index (χ0n) is 16.0. The summed E-state index contributed by atoms with van der Waals surface area (Å²) in [6.07, 6.45) is 0.388. The topological polar surface area (TPSA) is 62.7 Å². The number of carbonyl (C=O) groups is 2. The predicted molar refractivity (Wildman–Crippen MR) is 113 cm³/mol. The lowest BCUT2D eigenvalue weighted by Gasteiger charge is -2.34. The third-order valence-electron chi connectivity index (χ3n) is 4.53. The molecule has 1 aliphatic rings. The van der Waals surface area contributed by atoms with Crippen LogP contribution in [0.25, 0.3) is 10.6 Å². The maximum absolute atomic E-state index is 12.2. The number of hydrogen-bond donors (Lipinski definition) is 0. The summed E-state index contributed by atoms with van der Waals surface area (Å²) in [5.74, 6) is -0.273. The first kappa shape index (κ1) is 22.3. The van der Waals surface area contributed by atoms with E-state index in [-0.39, 0.29) is 37.1 Å². The quantitative estimate of drug-likeness (QED) is 0.640. The summed E-state index contributed by atoms with van der Waals surface area (Å²) in [7, 11) is 0. The maximum Gasteiger partial charge on any atom is 0.306 e. The highest BCUT2D eigenvalue weighted by atomic mass is 35.5. The highest BCUT2D eigenvalue weighted by Gasteiger charge is 2.22. The Hall–Kier alpha value is -1.96. The Balaban J connectivity index is 0.00000280. The van der Waals surface area contributed by atoms with Gasteiger partial charge in [0.25, 0.3) is 0 Å². The van der Waals surface area contributed by atoms with E-state index < -0.39 is 0 Å². The first-order chi connectivity index (χ1) is 13.2. The van der Waals surface area contributed by atoms with E-state index in [4.69, 9.17) is 9.72 Å². The van der Waals surface area contributed by atoms with Crippen molar-refractivity contribution in [3.05, 3.63) is 41.4 Å². The molecule has 0 unspecified atom stereocenters. The third kappa shape index (κ3) is 6.29. The van der Waals surface area contributed by atoms with Crippen LogP contribution < -0.4 is 0 Å². The van der Waals surface area contributed by atoms with Crippen LogP contribution in [0.1, 0.15) is 25.5 Å². The van der Waals surface area contributed by atoms with Crippen LogP contribution in [-0.2, 0) is 20.9 Å². The Labute approximate surface area is 175 Å². The molecule has 0 saturated carbocycles. The van der Waals surface area contributed by atoms with Crippen LogP contribution in [0, 0.1) is 0 Å². The minimum atomic E-state index is -0.303. The highest BCUT2D eigenvalue weighted by molar-refractivity contribution is 7.13. The largest absolute Gasteiger partial charge is 0.466 e. The van der Waals surface area contributed by atoms with E-state index in [9.17, 15) is 9.59 Å². The van der Waals surface area contributed by atoms with Crippen LogP contribution in [0.2, 0.25) is 0 Å². The van der Waals surface area contributed by atoms with Crippen LogP contribution in [-0.4, -0.2) is 59.4 Å². The summed E-state index contributed by atoms with van der Waals surface area (Å²) in [6, 6.07) is 10.2. The van der Waals surface area contributed by atoms with Gasteiger partial charge < -0.3 is 9.64 Å². The second-order valence-corrected chi connectivity index (χ2v) is 7.33. The maximum atomic E-state index is 12.2. The van der Waals surface area contributed by atoms with Gasteiger partial charge in [0.05, 0.1) is 18.7 Å². The Kier molecular flexibility index (Phi) is 8.89. The predicted octanol–water partition coefficient (Wildman–Crippen LogP) is 3.22. The van der Waals surface area contributed by atoms with Gasteiger partial charge in [-0.15, -0.1) is 23.7 Å². The molecular formula is C20H26ClN3O3S. The van der Waals surface area contributed by atoms with Crippen molar-refractivity contribution in [1.82, 2.24) is 14.8 Å². The average molecular weight is 424 g/mol. The van der Waals surface area contributed by atoms with Gasteiger partial charge in [0.2, 0.25) is 5.91 Å². The first-order valence-corrected chi connectivity index (χ1v) is 10.2. The summed E-state index contributed by atoms with van der Waals surface area (Å²) in [6.45, 7) is 5.95. The molecule has 1 aromatic carbocycles. The lowest BCUT2D eigenvalue weighted by atomic mass is 10.2. The second-order valence-electron chi connectivity index (χ2n) is 6.47. The van der Waals surface area contributed by atoms with Crippen LogP contribution in [0.5, 0.6) is 0 Å². The van der Waals surface area contributed by atoms with Crippen molar-refractivity contribution in [2.24, 2.45) is 0 Å². The molecule has 2 aromatic rings. The number of piperazine rings is 1. The molecule has 1 saturated heterocycles. The Morgan fingerprint density at radius 2 is 1.82 bits per heavy atom. The van der Waals surface area contributed by atoms with Gasteiger partial charge in [0.1, 0.15) is 5.01 Å². The number of esters is 1. The fourth-order valence-corrected chi connectivity index (χ4v) is 3.89. The summed E-state index contributed by atoms with van der Waals surface area (Å²) < 4.78 is 4.87. The minimum absolute atomic E-state index is 0. The van der Waals surface area contributed by atoms with Crippen molar-refractivity contribution in [3.63, 3.8) is 0 Å². The Morgan fingerprint density at radius 1 is 1.11 bits per heavy atom. The van der Waals surface area contributed by atoms with Crippen molar-refractivity contribution in [2.45, 2.75) is 26.3 Å². The van der Waals surface area contributed by atoms with Gasteiger partial charge in [0, 0.05) is 50.1 Å². The van der Waals surface area contributed by atoms with Gasteiger partial charge in [-0.25, -0.2) is 4.98 Å². The molecule has 1 fully saturated rings. The molecule has 152 valence electrons. The van der Waals surface area contributed by atoms with Crippen LogP contribution in [0.4, 0.5) is 0 Å². The van der Waals surface area contributed by atoms with Gasteiger partial charge in [-0.2, -0.15) is 0 Å². The lowest BCUT2D eigenvalue weighted by molar-refractivity contribution is -0.146. The lowest BCUT2D eigenvalue weighted by Crippen LogP contribution is -2.48. The second kappa shape index (κ2) is 11.1. The zero-order valence-corrected chi connectivity index (χ0v) is 17.6. The van der Waals surface area contributed by atoms with Crippen molar-refractivity contribution >= 4 is 35.6 Å². The molecule has 0 radical (unpaired) electrons. The molecule has 0 N–H and O–H groups in total. The Bertz CT molecular complexity index is 761. The number of ether oxygens (including phenoxy) is 1. The molecule has 0 bridgehead atoms. The number of aromatic nitrogens is 1. The number of benzene rings is 1. The number of carbonyl (C=O) groups excluding carboxylic acids is 2. The zero-order chi connectivity index (χ0) is 19.1. The summed E-state index contributed by atoms with van der Waals surface area (Å²) in [5.41, 5.74) is 2.21. The number of halogens is 1. The third-order valence-corrected chi connectivity index (χ3v) is 5.47. The number of thiazole rings is 1. The van der Waals surface area contributed by atoms with E-state index in [0.29, 0.717) is 19.7 Å². The van der Waals surface area contributed by atoms with Crippen LogP contribution in [0.3, 0.4) is 0 Å². The minimum Gasteiger partial charge on any atom is -0.466 e. The van der Waals surface area contributed by atoms with Crippen LogP contribution in [0.15, 0.2) is 35.7 Å². The van der Waals surface area contributed by atoms with Crippen molar-refractivity contribution < 1.29 is 14.3 Å². The van der Waals surface area contributed by atoms with Crippen molar-refractivity contribution in [1.29, 1.82) is 0 Å². The molecular weight excluding hydrogens is 398 g/mol. The molecule has 28 heavy (non-hydrogen) atoms. The van der Waals surface area contributed by atoms with E-state index in [2.05, 4.69) is 22.4 Å². The number of nitrogens with zero attached hydrogens (tertiary/aromatic N) is 3. The number of amides is 1. The molecule has 1 aliphatic heterocycles. The molecule has 3 rings (SSSR count). The molecule has 6 nitrogen and oxygen atoms in total. The highest BCUT2D eigenvalue weighted by Crippen LogP contribution is 2.24. The monoisotopic (exact) mass is 423 g/mol. The van der Waals surface area contributed by atoms with E-state index in [1.807, 2.05) is 23.1 Å². The standard InChI is InChI=1S/C20H25N3O3S.ClH/c1-2-26-19(25)9-8-18(24)23-12-10-22(11-13-23)14-17-15-27-20(21-17)16-6-4-3-5-7-16;/h3-7,15H,2,8-14H2,1H3;1H. The van der Waals surface area contributed by atoms with Gasteiger partial charge in [-0.1, -0.05) is 30.3 Å². The molecule has 0 aliphatic carbocycles. The molecule has 0 atom stereocenters. The van der Waals surface area contributed by atoms with Gasteiger partial charge in [-0.3, -0.25) is 14.5 Å². The summed E-state index contributed by atoms with van der Waals surface area (Å²) in [4.78, 5) is 32.5. The van der Waals surface area contributed by atoms with E-state index in [0.717, 1.165) is 35.9 Å². The Morgan fingerprint density at radius 3 is 2.50 bits per heavy atom. The first-order valence-electron chi connectivity index (χ1n) is 9.31. The molecule has 2 heterocycles. The summed E-state index contributed by atoms with van der Waals surface area (Å²) in [5, 5.41) is 3.15. The van der Waals surface area contributed by atoms with Gasteiger partial charge in [-0.05, 0) is 6.92 Å². The van der Waals surface area contributed by atoms with E-state index >= 15 is 0 Å². The van der Waals surface area contributed by atoms with Crippen LogP contribution >= 0.6 is 23.7 Å². The van der Waals surface area contributed by atoms with Gasteiger partial charge >= 0.3 is 5.97 Å². The number of hydrogen-bond acceptors (Lipinski definition) is 6. The normalized spacial score (nSPS) is 14.4.